The van der Waals surface area contributed by atoms with Crippen molar-refractivity contribution >= 4 is 16.8 Å². The number of rotatable bonds is 10. The molecule has 1 unspecified atom stereocenters. The summed E-state index contributed by atoms with van der Waals surface area (Å²) in [5.74, 6) is 0.916. The fourth-order valence-corrected chi connectivity index (χ4v) is 3.93. The zero-order valence-corrected chi connectivity index (χ0v) is 17.8. The van der Waals surface area contributed by atoms with Crippen molar-refractivity contribution in [2.24, 2.45) is 0 Å². The molecule has 0 radical (unpaired) electrons. The number of carbonyl (C=O) groups is 1. The first-order chi connectivity index (χ1) is 14.2. The number of methoxy groups -OCH3 is 1. The van der Waals surface area contributed by atoms with Crippen molar-refractivity contribution in [2.75, 3.05) is 13.7 Å². The maximum atomic E-state index is 12.7. The third kappa shape index (κ3) is 5.00. The topological polar surface area (TPSA) is 54.1 Å². The first kappa shape index (κ1) is 21.0. The van der Waals surface area contributed by atoms with Gasteiger partial charge >= 0.3 is 0 Å². The first-order valence-corrected chi connectivity index (χ1v) is 10.7. The Hall–Kier alpha value is -2.75. The number of ether oxygens (including phenoxy) is 1. The molecular weight excluding hydrogens is 360 g/mol. The Balaban J connectivity index is 1.91. The van der Waals surface area contributed by atoms with Crippen molar-refractivity contribution < 1.29 is 9.53 Å². The zero-order chi connectivity index (χ0) is 20.6. The third-order valence-corrected chi connectivity index (χ3v) is 5.60. The minimum Gasteiger partial charge on any atom is -0.497 e. The van der Waals surface area contributed by atoms with E-state index in [9.17, 15) is 4.79 Å². The molecule has 1 heterocycles. The van der Waals surface area contributed by atoms with Crippen LogP contribution < -0.4 is 10.1 Å². The van der Waals surface area contributed by atoms with E-state index in [1.807, 2.05) is 12.1 Å². The molecule has 1 amide bonds. The second-order valence-corrected chi connectivity index (χ2v) is 7.52. The van der Waals surface area contributed by atoms with Gasteiger partial charge < -0.3 is 15.0 Å². The molecule has 2 aromatic carbocycles. The molecule has 2 N–H and O–H groups in total. The van der Waals surface area contributed by atoms with E-state index in [1.165, 1.54) is 22.0 Å². The summed E-state index contributed by atoms with van der Waals surface area (Å²) in [7, 11) is 1.67. The van der Waals surface area contributed by atoms with Crippen LogP contribution >= 0.6 is 0 Å². The molecule has 0 aliphatic rings. The first-order valence-electron chi connectivity index (χ1n) is 10.7. The van der Waals surface area contributed by atoms with E-state index in [-0.39, 0.29) is 11.8 Å². The van der Waals surface area contributed by atoms with Crippen molar-refractivity contribution in [3.63, 3.8) is 0 Å². The predicted molar refractivity (Wildman–Crippen MR) is 120 cm³/mol. The molecule has 29 heavy (non-hydrogen) atoms. The Bertz CT molecular complexity index is 928. The summed E-state index contributed by atoms with van der Waals surface area (Å²) in [4.78, 5) is 16.2. The van der Waals surface area contributed by atoms with E-state index in [0.29, 0.717) is 6.42 Å². The summed E-state index contributed by atoms with van der Waals surface area (Å²) < 4.78 is 5.31. The van der Waals surface area contributed by atoms with E-state index in [1.54, 1.807) is 7.11 Å². The van der Waals surface area contributed by atoms with E-state index in [0.717, 1.165) is 43.5 Å². The van der Waals surface area contributed by atoms with Crippen LogP contribution in [0.5, 0.6) is 5.75 Å². The van der Waals surface area contributed by atoms with Crippen molar-refractivity contribution in [2.45, 2.75) is 51.9 Å². The quantitative estimate of drug-likeness (QED) is 0.443. The van der Waals surface area contributed by atoms with Gasteiger partial charge in [-0.15, -0.1) is 0 Å². The van der Waals surface area contributed by atoms with Crippen LogP contribution in [0.3, 0.4) is 0 Å². The number of hydrogen-bond donors (Lipinski definition) is 2. The number of aromatic amines is 1. The molecule has 0 spiro atoms. The van der Waals surface area contributed by atoms with Gasteiger partial charge in [-0.3, -0.25) is 4.79 Å². The van der Waals surface area contributed by atoms with Gasteiger partial charge in [-0.1, -0.05) is 57.0 Å². The molecule has 3 aromatic rings. The van der Waals surface area contributed by atoms with Crippen LogP contribution in [-0.4, -0.2) is 24.5 Å². The molecule has 0 aliphatic carbocycles. The number of unbranched alkanes of at least 4 members (excludes halogenated alkanes) is 2. The van der Waals surface area contributed by atoms with Crippen molar-refractivity contribution in [3.8, 4) is 5.75 Å². The van der Waals surface area contributed by atoms with E-state index in [2.05, 4.69) is 60.7 Å². The lowest BCUT2D eigenvalue weighted by Gasteiger charge is -2.18. The molecule has 0 saturated carbocycles. The van der Waals surface area contributed by atoms with Crippen molar-refractivity contribution in [1.82, 2.24) is 10.3 Å². The normalized spacial score (nSPS) is 12.1. The lowest BCUT2D eigenvalue weighted by atomic mass is 9.87. The van der Waals surface area contributed by atoms with Crippen molar-refractivity contribution in [3.05, 3.63) is 65.4 Å². The number of fused-ring (bicyclic) bond motifs is 1. The van der Waals surface area contributed by atoms with Crippen LogP contribution in [-0.2, 0) is 11.2 Å². The SMILES string of the molecule is CCCCCNC(=O)CC(c1ccc(OC)cc1)c1c[nH]c2c(CC)cccc12. The number of hydrogen-bond acceptors (Lipinski definition) is 2. The Morgan fingerprint density at radius 2 is 1.90 bits per heavy atom. The molecule has 1 atom stereocenters. The minimum atomic E-state index is -0.00654. The number of para-hydroxylation sites is 1. The molecule has 1 aromatic heterocycles. The largest absolute Gasteiger partial charge is 0.497 e. The number of H-pyrrole nitrogens is 1. The average molecular weight is 393 g/mol. The predicted octanol–water partition coefficient (Wildman–Crippen LogP) is 5.57. The van der Waals surface area contributed by atoms with Gasteiger partial charge in [0, 0.05) is 36.0 Å². The highest BCUT2D eigenvalue weighted by Gasteiger charge is 2.22. The molecule has 3 rings (SSSR count). The standard InChI is InChI=1S/C25H32N2O2/c1-4-6-7-15-26-24(28)16-22(19-11-13-20(29-3)14-12-19)23-17-27-25-18(5-2)9-8-10-21(23)25/h8-14,17,22,27H,4-7,15-16H2,1-3H3,(H,26,28). The molecule has 0 fully saturated rings. The molecule has 4 nitrogen and oxygen atoms in total. The zero-order valence-electron chi connectivity index (χ0n) is 17.8. The van der Waals surface area contributed by atoms with Crippen molar-refractivity contribution in [1.29, 1.82) is 0 Å². The van der Waals surface area contributed by atoms with E-state index < -0.39 is 0 Å². The molecule has 4 heteroatoms. The van der Waals surface area contributed by atoms with Gasteiger partial charge in [0.2, 0.25) is 5.91 Å². The van der Waals surface area contributed by atoms with Gasteiger partial charge in [0.05, 0.1) is 7.11 Å². The highest BCUT2D eigenvalue weighted by atomic mass is 16.5. The van der Waals surface area contributed by atoms with Gasteiger partial charge in [0.1, 0.15) is 5.75 Å². The maximum Gasteiger partial charge on any atom is 0.220 e. The smallest absolute Gasteiger partial charge is 0.220 e. The summed E-state index contributed by atoms with van der Waals surface area (Å²) in [5, 5.41) is 4.30. The minimum absolute atomic E-state index is 0.00654. The molecule has 0 aliphatic heterocycles. The fourth-order valence-electron chi connectivity index (χ4n) is 3.93. The fraction of sp³-hybridized carbons (Fsp3) is 0.400. The number of benzene rings is 2. The number of amides is 1. The monoisotopic (exact) mass is 392 g/mol. The average Bonchev–Trinajstić information content (AvgIpc) is 3.19. The van der Waals surface area contributed by atoms with Crippen LogP contribution in [0.25, 0.3) is 10.9 Å². The van der Waals surface area contributed by atoms with Gasteiger partial charge in [-0.2, -0.15) is 0 Å². The summed E-state index contributed by atoms with van der Waals surface area (Å²) in [6, 6.07) is 14.5. The van der Waals surface area contributed by atoms with Crippen LogP contribution in [0.4, 0.5) is 0 Å². The Morgan fingerprint density at radius 3 is 2.59 bits per heavy atom. The van der Waals surface area contributed by atoms with Crippen LogP contribution in [0, 0.1) is 0 Å². The lowest BCUT2D eigenvalue weighted by molar-refractivity contribution is -0.121. The Morgan fingerprint density at radius 1 is 1.10 bits per heavy atom. The Kier molecular flexibility index (Phi) is 7.34. The van der Waals surface area contributed by atoms with Crippen LogP contribution in [0.2, 0.25) is 0 Å². The maximum absolute atomic E-state index is 12.7. The summed E-state index contributed by atoms with van der Waals surface area (Å²) in [5.41, 5.74) is 4.76. The second-order valence-electron chi connectivity index (χ2n) is 7.52. The number of aromatic nitrogens is 1. The van der Waals surface area contributed by atoms with Gasteiger partial charge in [-0.05, 0) is 41.7 Å². The summed E-state index contributed by atoms with van der Waals surface area (Å²) >= 11 is 0. The number of carbonyl (C=O) groups excluding carboxylic acids is 1. The summed E-state index contributed by atoms with van der Waals surface area (Å²) in [6.07, 6.45) is 6.81. The van der Waals surface area contributed by atoms with Crippen LogP contribution in [0.15, 0.2) is 48.7 Å². The van der Waals surface area contributed by atoms with Crippen LogP contribution in [0.1, 0.15) is 62.1 Å². The van der Waals surface area contributed by atoms with Gasteiger partial charge in [-0.25, -0.2) is 0 Å². The number of nitrogens with one attached hydrogen (secondary N) is 2. The third-order valence-electron chi connectivity index (χ3n) is 5.60. The van der Waals surface area contributed by atoms with Gasteiger partial charge in [0.15, 0.2) is 0 Å². The second kappa shape index (κ2) is 10.1. The summed E-state index contributed by atoms with van der Waals surface area (Å²) in [6.45, 7) is 5.08. The lowest BCUT2D eigenvalue weighted by Crippen LogP contribution is -2.26. The number of aryl methyl sites for hydroxylation is 1. The van der Waals surface area contributed by atoms with Gasteiger partial charge in [0.25, 0.3) is 0 Å². The molecule has 0 saturated heterocycles. The molecule has 0 bridgehead atoms. The highest BCUT2D eigenvalue weighted by molar-refractivity contribution is 5.88. The molecular formula is C25H32N2O2. The Labute approximate surface area is 173 Å². The van der Waals surface area contributed by atoms with E-state index in [4.69, 9.17) is 4.74 Å². The highest BCUT2D eigenvalue weighted by Crippen LogP contribution is 2.35. The molecule has 154 valence electrons. The van der Waals surface area contributed by atoms with E-state index >= 15 is 0 Å².